The van der Waals surface area contributed by atoms with Gasteiger partial charge in [0.15, 0.2) is 0 Å². The molecule has 74 valence electrons. The van der Waals surface area contributed by atoms with E-state index in [0.29, 0.717) is 0 Å². The fraction of sp³-hybridized carbons (Fsp3) is 0.231. The Labute approximate surface area is 125 Å². The van der Waals surface area contributed by atoms with Crippen LogP contribution in [0, 0.1) is 11.8 Å². The molecule has 0 aliphatic heterocycles. The maximum absolute atomic E-state index is 3.41. The van der Waals surface area contributed by atoms with Crippen molar-refractivity contribution in [2.45, 2.75) is 19.6 Å². The van der Waals surface area contributed by atoms with Crippen molar-refractivity contribution in [3.63, 3.8) is 0 Å². The van der Waals surface area contributed by atoms with E-state index >= 15 is 0 Å². The van der Waals surface area contributed by atoms with Gasteiger partial charge in [-0.15, -0.1) is 30.3 Å². The van der Waals surface area contributed by atoms with Crippen molar-refractivity contribution in [1.29, 1.82) is 0 Å². The first kappa shape index (κ1) is 18.5. The molecule has 1 rings (SSSR count). The largest absolute Gasteiger partial charge is 1.00 e. The quantitative estimate of drug-likeness (QED) is 0.303. The van der Waals surface area contributed by atoms with E-state index in [1.807, 2.05) is 42.5 Å². The van der Waals surface area contributed by atoms with Gasteiger partial charge in [0.05, 0.1) is 0 Å². The Bertz CT molecular complexity index is 324. The average molecular weight is 214 g/mol. The molecule has 1 aromatic carbocycles. The minimum atomic E-state index is -1.16. The number of allylic oxidation sites excluding steroid dienone is 2. The van der Waals surface area contributed by atoms with E-state index in [2.05, 4.69) is 31.4 Å². The summed E-state index contributed by atoms with van der Waals surface area (Å²) >= 11 is 0. The van der Waals surface area contributed by atoms with Crippen LogP contribution in [0.25, 0.3) is 6.08 Å². The van der Waals surface area contributed by atoms with Crippen molar-refractivity contribution in [3.8, 4) is 0 Å². The molecule has 0 aliphatic carbocycles. The second-order valence-electron chi connectivity index (χ2n) is 4.24. The van der Waals surface area contributed by atoms with Crippen molar-refractivity contribution < 1.29 is 37.7 Å². The van der Waals surface area contributed by atoms with E-state index in [4.69, 9.17) is 0 Å². The summed E-state index contributed by atoms with van der Waals surface area (Å²) in [7, 11) is -1.16. The molecule has 0 aliphatic rings. The first-order chi connectivity index (χ1) is 6.58. The smallest absolute Gasteiger partial charge is 0.280 e. The summed E-state index contributed by atoms with van der Waals surface area (Å²) in [6.07, 6.45) is 6.10. The van der Waals surface area contributed by atoms with Gasteiger partial charge in [-0.3, -0.25) is 11.8 Å². The predicted octanol–water partition coefficient (Wildman–Crippen LogP) is -2.26. The molecule has 0 unspecified atom stereocenters. The zero-order valence-corrected chi connectivity index (χ0v) is 12.0. The summed E-state index contributed by atoms with van der Waals surface area (Å²) in [5.74, 6) is 0. The zero-order chi connectivity index (χ0) is 10.4. The summed E-state index contributed by atoms with van der Waals surface area (Å²) in [6.45, 7) is 6.81. The molecule has 0 fully saturated rings. The second kappa shape index (κ2) is 9.17. The normalized spacial score (nSPS) is 11.2. The van der Waals surface area contributed by atoms with Crippen molar-refractivity contribution in [2.24, 2.45) is 0 Å². The Balaban J connectivity index is 0. The van der Waals surface area contributed by atoms with Gasteiger partial charge in [0.2, 0.25) is 0 Å². The molecule has 3 heteroatoms. The third kappa shape index (κ3) is 9.35. The Morgan fingerprint density at radius 1 is 1.19 bits per heavy atom. The van der Waals surface area contributed by atoms with Crippen LogP contribution in [0.3, 0.4) is 0 Å². The zero-order valence-electron chi connectivity index (χ0n) is 11.0. The minimum Gasteiger partial charge on any atom is -0.280 e. The summed E-state index contributed by atoms with van der Waals surface area (Å²) < 4.78 is 0. The van der Waals surface area contributed by atoms with Gasteiger partial charge in [-0.25, -0.2) is 12.2 Å². The van der Waals surface area contributed by atoms with Crippen LogP contribution < -0.4 is 37.7 Å². The average Bonchev–Trinajstić information content (AvgIpc) is 2.13. The maximum atomic E-state index is 3.41. The molecule has 16 heavy (non-hydrogen) atoms. The van der Waals surface area contributed by atoms with Gasteiger partial charge in [-0.2, -0.15) is 5.56 Å². The molecular weight excluding hydrogens is 198 g/mol. The molecular formula is C13H16Li2Si. The molecule has 0 saturated heterocycles. The SMILES string of the molecule is C[Si](C)(C)[C-]=C/C=C\c1[c-]cccc1.[Li+].[Li+]. The van der Waals surface area contributed by atoms with Crippen molar-refractivity contribution in [1.82, 2.24) is 0 Å². The molecule has 0 saturated carbocycles. The van der Waals surface area contributed by atoms with Crippen LogP contribution in [0.2, 0.25) is 19.6 Å². The molecule has 0 bridgehead atoms. The summed E-state index contributed by atoms with van der Waals surface area (Å²) in [4.78, 5) is 0. The van der Waals surface area contributed by atoms with Gasteiger partial charge in [-0.1, -0.05) is 19.6 Å². The number of hydrogen-bond acceptors (Lipinski definition) is 0. The van der Waals surface area contributed by atoms with Crippen molar-refractivity contribution >= 4 is 14.1 Å². The number of hydrogen-bond donors (Lipinski definition) is 0. The third-order valence-electron chi connectivity index (χ3n) is 1.62. The van der Waals surface area contributed by atoms with E-state index in [9.17, 15) is 0 Å². The van der Waals surface area contributed by atoms with Crippen LogP contribution in [-0.4, -0.2) is 8.07 Å². The molecule has 0 radical (unpaired) electrons. The van der Waals surface area contributed by atoms with Gasteiger partial charge in [0, 0.05) is 0 Å². The maximum Gasteiger partial charge on any atom is 1.00 e. The van der Waals surface area contributed by atoms with E-state index in [1.165, 1.54) is 0 Å². The fourth-order valence-electron chi connectivity index (χ4n) is 0.961. The molecule has 0 amide bonds. The van der Waals surface area contributed by atoms with E-state index in [1.54, 1.807) is 0 Å². The van der Waals surface area contributed by atoms with Crippen LogP contribution >= 0.6 is 0 Å². The van der Waals surface area contributed by atoms with Gasteiger partial charge in [0.1, 0.15) is 0 Å². The van der Waals surface area contributed by atoms with Crippen LogP contribution in [0.5, 0.6) is 0 Å². The predicted molar refractivity (Wildman–Crippen MR) is 65.5 cm³/mol. The molecule has 0 N–H and O–H groups in total. The fourth-order valence-corrected chi connectivity index (χ4v) is 1.56. The van der Waals surface area contributed by atoms with Crippen LogP contribution in [0.4, 0.5) is 0 Å². The van der Waals surface area contributed by atoms with Crippen LogP contribution in [-0.2, 0) is 0 Å². The molecule has 0 heterocycles. The second-order valence-corrected chi connectivity index (χ2v) is 9.03. The Morgan fingerprint density at radius 2 is 1.88 bits per heavy atom. The Morgan fingerprint density at radius 3 is 2.38 bits per heavy atom. The summed E-state index contributed by atoms with van der Waals surface area (Å²) in [5, 5.41) is 0. The van der Waals surface area contributed by atoms with Crippen molar-refractivity contribution in [2.75, 3.05) is 0 Å². The number of rotatable bonds is 3. The van der Waals surface area contributed by atoms with Crippen LogP contribution in [0.15, 0.2) is 36.4 Å². The summed E-state index contributed by atoms with van der Waals surface area (Å²) in [6, 6.07) is 11.1. The topological polar surface area (TPSA) is 0 Å². The van der Waals surface area contributed by atoms with Gasteiger partial charge in [0.25, 0.3) is 0 Å². The van der Waals surface area contributed by atoms with Crippen LogP contribution in [0.1, 0.15) is 5.56 Å². The van der Waals surface area contributed by atoms with E-state index in [-0.39, 0.29) is 37.7 Å². The van der Waals surface area contributed by atoms with Gasteiger partial charge < -0.3 is 0 Å². The summed E-state index contributed by atoms with van der Waals surface area (Å²) in [5.41, 5.74) is 4.52. The minimum absolute atomic E-state index is 0. The Kier molecular flexibility index (Phi) is 10.6. The monoisotopic (exact) mass is 214 g/mol. The number of benzene rings is 1. The molecule has 1 aromatic rings. The molecule has 0 atom stereocenters. The van der Waals surface area contributed by atoms with Gasteiger partial charge >= 0.3 is 37.7 Å². The Hall–Kier alpha value is 0.112. The van der Waals surface area contributed by atoms with E-state index < -0.39 is 8.07 Å². The third-order valence-corrected chi connectivity index (χ3v) is 2.65. The molecule has 0 nitrogen and oxygen atoms in total. The van der Waals surface area contributed by atoms with E-state index in [0.717, 1.165) is 5.56 Å². The van der Waals surface area contributed by atoms with Gasteiger partial charge in [-0.05, 0) is 8.07 Å². The first-order valence-corrected chi connectivity index (χ1v) is 8.32. The molecule has 0 aromatic heterocycles. The standard InChI is InChI=1S/C13H16Si.2Li/c1-14(2,3)12-8-7-11-13-9-5-4-6-10-13;;/h4-9,11H,1-3H3;;/q-2;2*+1/b11-7-;;. The first-order valence-electron chi connectivity index (χ1n) is 4.82. The van der Waals surface area contributed by atoms with Crippen molar-refractivity contribution in [3.05, 3.63) is 53.7 Å². The molecule has 0 spiro atoms.